The molecule has 14 heteroatoms. The fourth-order valence-corrected chi connectivity index (χ4v) is 7.21. The number of rotatable bonds is 13. The second-order valence-electron chi connectivity index (χ2n) is 11.2. The van der Waals surface area contributed by atoms with Crippen molar-refractivity contribution in [2.24, 2.45) is 0 Å². The van der Waals surface area contributed by atoms with Crippen molar-refractivity contribution in [3.8, 4) is 17.6 Å². The van der Waals surface area contributed by atoms with Gasteiger partial charge in [-0.1, -0.05) is 54.6 Å². The monoisotopic (exact) mass is 669 g/mol. The van der Waals surface area contributed by atoms with Crippen LogP contribution in [0.5, 0.6) is 11.5 Å². The maximum Gasteiger partial charge on any atom is 0.253 e. The predicted octanol–water partition coefficient (Wildman–Crippen LogP) is 4.22. The highest BCUT2D eigenvalue weighted by molar-refractivity contribution is 7.43. The molecule has 13 nitrogen and oxygen atoms in total. The Morgan fingerprint density at radius 3 is 2.23 bits per heavy atom. The Kier molecular flexibility index (Phi) is 10.1. The number of aliphatic hydroxyl groups excluding tert-OH is 1. The summed E-state index contributed by atoms with van der Waals surface area (Å²) in [5.74, 6) is 1.54. The minimum Gasteiger partial charge on any atom is -0.497 e. The predicted molar refractivity (Wildman–Crippen MR) is 179 cm³/mol. The van der Waals surface area contributed by atoms with Gasteiger partial charge < -0.3 is 34.5 Å². The molecule has 0 aliphatic carbocycles. The topological polar surface area (TPSA) is 183 Å². The van der Waals surface area contributed by atoms with Crippen LogP contribution in [0.2, 0.25) is 0 Å². The van der Waals surface area contributed by atoms with Crippen LogP contribution in [-0.4, -0.2) is 68.6 Å². The van der Waals surface area contributed by atoms with Gasteiger partial charge in [-0.3, -0.25) is 4.57 Å². The average molecular weight is 670 g/mol. The van der Waals surface area contributed by atoms with Gasteiger partial charge in [0.05, 0.1) is 38.1 Å². The molecule has 3 heterocycles. The van der Waals surface area contributed by atoms with E-state index < -0.39 is 38.5 Å². The zero-order valence-electron chi connectivity index (χ0n) is 26.4. The number of aliphatic hydroxyl groups is 1. The molecule has 5 aromatic rings. The lowest BCUT2D eigenvalue weighted by atomic mass is 9.64. The molecular formula is C34H36N7O6P. The van der Waals surface area contributed by atoms with E-state index >= 15 is 0 Å². The summed E-state index contributed by atoms with van der Waals surface area (Å²) >= 11 is 0. The van der Waals surface area contributed by atoms with Gasteiger partial charge in [-0.25, -0.2) is 20.0 Å². The van der Waals surface area contributed by atoms with Crippen molar-refractivity contribution in [3.63, 3.8) is 0 Å². The van der Waals surface area contributed by atoms with E-state index in [9.17, 15) is 10.00 Å². The number of hydrogen-bond acceptors (Lipinski definition) is 12. The van der Waals surface area contributed by atoms with Crippen LogP contribution in [0.15, 0.2) is 91.5 Å². The molecule has 5 atom stereocenters. The van der Waals surface area contributed by atoms with Gasteiger partial charge in [-0.2, -0.15) is 5.26 Å². The van der Waals surface area contributed by atoms with Crippen LogP contribution in [0.25, 0.3) is 11.2 Å². The number of nitrogens with zero attached hydrogens (tertiary/aromatic N) is 5. The number of anilines is 1. The number of nitrogens with one attached hydrogen (secondary N) is 1. The van der Waals surface area contributed by atoms with Crippen molar-refractivity contribution < 1.29 is 28.7 Å². The average Bonchev–Trinajstić information content (AvgIpc) is 3.73. The lowest BCUT2D eigenvalue weighted by Gasteiger charge is -2.45. The first kappa shape index (κ1) is 33.2. The fourth-order valence-electron chi connectivity index (χ4n) is 6.34. The van der Waals surface area contributed by atoms with Gasteiger partial charge in [-0.15, -0.1) is 0 Å². The first-order valence-corrected chi connectivity index (χ1v) is 16.5. The number of imidazole rings is 1. The van der Waals surface area contributed by atoms with Gasteiger partial charge in [0.2, 0.25) is 0 Å². The third kappa shape index (κ3) is 6.30. The maximum absolute atomic E-state index is 11.9. The quantitative estimate of drug-likeness (QED) is 0.0797. The van der Waals surface area contributed by atoms with Gasteiger partial charge in [0.15, 0.2) is 11.5 Å². The fraction of sp³-hybridized carbons (Fsp3) is 0.294. The largest absolute Gasteiger partial charge is 0.497 e. The molecule has 2 unspecified atom stereocenters. The normalized spacial score (nSPS) is 19.1. The van der Waals surface area contributed by atoms with Crippen LogP contribution >= 0.6 is 8.53 Å². The van der Waals surface area contributed by atoms with Crippen molar-refractivity contribution in [2.45, 2.75) is 42.8 Å². The molecule has 1 fully saturated rings. The number of ether oxygens (including phenoxy) is 3. The maximum atomic E-state index is 11.9. The van der Waals surface area contributed by atoms with E-state index in [0.29, 0.717) is 22.7 Å². The van der Waals surface area contributed by atoms with Crippen LogP contribution < -0.4 is 20.3 Å². The van der Waals surface area contributed by atoms with Crippen LogP contribution in [-0.2, 0) is 14.7 Å². The van der Waals surface area contributed by atoms with Crippen molar-refractivity contribution in [1.82, 2.24) is 24.6 Å². The number of nitrogens with two attached hydrogens (primary N) is 1. The molecule has 1 saturated heterocycles. The zero-order valence-corrected chi connectivity index (χ0v) is 27.3. The van der Waals surface area contributed by atoms with Gasteiger partial charge in [-0.05, 0) is 41.0 Å². The molecule has 1 aliphatic heterocycles. The number of hydrogen-bond donors (Lipinski definition) is 4. The number of benzene rings is 3. The molecule has 2 aromatic heterocycles. The third-order valence-electron chi connectivity index (χ3n) is 8.58. The number of aromatic nitrogens is 4. The second kappa shape index (κ2) is 14.6. The van der Waals surface area contributed by atoms with E-state index in [4.69, 9.17) is 29.7 Å². The summed E-state index contributed by atoms with van der Waals surface area (Å²) in [5, 5.41) is 24.0. The van der Waals surface area contributed by atoms with Crippen LogP contribution in [0, 0.1) is 11.3 Å². The van der Waals surface area contributed by atoms with E-state index in [1.165, 1.54) is 6.33 Å². The highest BCUT2D eigenvalue weighted by atomic mass is 31.2. The van der Waals surface area contributed by atoms with Crippen molar-refractivity contribution in [3.05, 3.63) is 108 Å². The Balaban J connectivity index is 1.55. The molecule has 6 rings (SSSR count). The summed E-state index contributed by atoms with van der Waals surface area (Å²) in [7, 11) is 0.888. The molecule has 0 bridgehead atoms. The van der Waals surface area contributed by atoms with E-state index in [0.717, 1.165) is 16.7 Å². The molecule has 5 N–H and O–H groups in total. The van der Waals surface area contributed by atoms with Crippen molar-refractivity contribution >= 4 is 25.5 Å². The first-order chi connectivity index (χ1) is 23.4. The van der Waals surface area contributed by atoms with E-state index in [1.807, 2.05) is 78.9 Å². The Labute approximate surface area is 278 Å². The minimum absolute atomic E-state index is 0.164. The van der Waals surface area contributed by atoms with E-state index in [2.05, 4.69) is 26.1 Å². The molecular weight excluding hydrogens is 633 g/mol. The van der Waals surface area contributed by atoms with Crippen molar-refractivity contribution in [2.75, 3.05) is 26.5 Å². The summed E-state index contributed by atoms with van der Waals surface area (Å²) in [4.78, 5) is 24.2. The Morgan fingerprint density at radius 2 is 1.62 bits per heavy atom. The van der Waals surface area contributed by atoms with E-state index in [1.54, 1.807) is 25.1 Å². The highest BCUT2D eigenvalue weighted by Crippen LogP contribution is 2.51. The van der Waals surface area contributed by atoms with Crippen LogP contribution in [0.3, 0.4) is 0 Å². The first-order valence-electron chi connectivity index (χ1n) is 15.3. The summed E-state index contributed by atoms with van der Waals surface area (Å²) in [6.07, 6.45) is -0.549. The summed E-state index contributed by atoms with van der Waals surface area (Å²) < 4.78 is 26.1. The molecule has 3 aromatic carbocycles. The number of fused-ring (bicyclic) bond motifs is 1. The molecule has 248 valence electrons. The molecule has 0 amide bonds. The third-order valence-corrected chi connectivity index (χ3v) is 9.50. The lowest BCUT2D eigenvalue weighted by Crippen LogP contribution is -2.52. The second-order valence-corrected chi connectivity index (χ2v) is 12.3. The minimum atomic E-state index is -2.31. The molecule has 1 aliphatic rings. The Bertz CT molecular complexity index is 1810. The van der Waals surface area contributed by atoms with Gasteiger partial charge in [0.25, 0.3) is 8.53 Å². The standard InChI is InChI=1S/C34H36N7O6P/c1-44-25-13-9-23(10-14-25)34(22-7-4-3-5-8-22,24-11-15-26(45-2)16-12-24)31(47-48(43)40-18-6-17-35)30-27(42)19-28(46-30)41-21-39-29-32(36)37-20-38-33(29)41/h3-5,7-16,20-21,27-28,30-31,40,42-43H,6,18-19H2,1-2H3,(H2,36,37,38)/t27-,28+,30-,31?,48?/m0/s1. The zero-order chi connectivity index (χ0) is 33.7. The van der Waals surface area contributed by atoms with E-state index in [-0.39, 0.29) is 25.2 Å². The summed E-state index contributed by atoms with van der Waals surface area (Å²) in [6.45, 7) is 0.202. The summed E-state index contributed by atoms with van der Waals surface area (Å²) in [6, 6.07) is 27.0. The number of nitriles is 1. The molecule has 0 spiro atoms. The SMILES string of the molecule is COc1ccc(C(c2ccccc2)(c2ccc(OC)cc2)C(OP(O)NCCC#N)[C@H]2O[C@@H](n3cnc4c(N)ncnc43)C[C@@H]2O)cc1. The Morgan fingerprint density at radius 1 is 1.00 bits per heavy atom. The number of nitrogen functional groups attached to an aromatic ring is 1. The lowest BCUT2D eigenvalue weighted by molar-refractivity contribution is -0.0865. The van der Waals surface area contributed by atoms with Crippen LogP contribution in [0.4, 0.5) is 5.82 Å². The highest BCUT2D eigenvalue weighted by Gasteiger charge is 2.54. The van der Waals surface area contributed by atoms with Gasteiger partial charge in [0.1, 0.15) is 41.8 Å². The number of methoxy groups -OCH3 is 2. The molecule has 0 radical (unpaired) electrons. The Hall–Kier alpha value is -4.67. The summed E-state index contributed by atoms with van der Waals surface area (Å²) in [5.41, 5.74) is 8.16. The van der Waals surface area contributed by atoms with Crippen molar-refractivity contribution in [1.29, 1.82) is 5.26 Å². The smallest absolute Gasteiger partial charge is 0.253 e. The van der Waals surface area contributed by atoms with Gasteiger partial charge in [0, 0.05) is 19.4 Å². The molecule has 48 heavy (non-hydrogen) atoms. The molecule has 0 saturated carbocycles. The van der Waals surface area contributed by atoms with Gasteiger partial charge >= 0.3 is 0 Å². The van der Waals surface area contributed by atoms with Crippen LogP contribution in [0.1, 0.15) is 35.8 Å².